The van der Waals surface area contributed by atoms with Crippen molar-refractivity contribution in [2.75, 3.05) is 13.2 Å². The summed E-state index contributed by atoms with van der Waals surface area (Å²) in [6, 6.07) is 0. The van der Waals surface area contributed by atoms with Gasteiger partial charge in [0.1, 0.15) is 13.2 Å². The van der Waals surface area contributed by atoms with Crippen LogP contribution in [0.1, 0.15) is 374 Å². The lowest BCUT2D eigenvalue weighted by molar-refractivity contribution is -0.167. The van der Waals surface area contributed by atoms with Crippen LogP contribution in [0.2, 0.25) is 0 Å². The topological polar surface area (TPSA) is 78.9 Å². The van der Waals surface area contributed by atoms with Crippen LogP contribution in [0.3, 0.4) is 0 Å². The zero-order valence-electron chi connectivity index (χ0n) is 52.5. The fourth-order valence-electron chi connectivity index (χ4n) is 10.3. The zero-order valence-corrected chi connectivity index (χ0v) is 52.5. The van der Waals surface area contributed by atoms with Crippen molar-refractivity contribution >= 4 is 17.9 Å². The van der Waals surface area contributed by atoms with E-state index in [1.807, 2.05) is 0 Å². The van der Waals surface area contributed by atoms with E-state index in [0.717, 1.165) is 77.0 Å². The first-order valence-electron chi connectivity index (χ1n) is 34.6. The fraction of sp³-hybridized carbons (Fsp3) is 0.847. The minimum absolute atomic E-state index is 0.0715. The number of rotatable bonds is 64. The Bertz CT molecular complexity index is 1350. The van der Waals surface area contributed by atoms with Gasteiger partial charge in [0.05, 0.1) is 0 Å². The highest BCUT2D eigenvalue weighted by Crippen LogP contribution is 2.18. The molecule has 78 heavy (non-hydrogen) atoms. The fourth-order valence-corrected chi connectivity index (χ4v) is 10.3. The summed E-state index contributed by atoms with van der Waals surface area (Å²) in [5, 5.41) is 0. The molecule has 1 unspecified atom stereocenters. The van der Waals surface area contributed by atoms with Crippen molar-refractivity contribution in [1.82, 2.24) is 0 Å². The van der Waals surface area contributed by atoms with Crippen LogP contribution in [-0.4, -0.2) is 37.2 Å². The first-order chi connectivity index (χ1) is 38.5. The quantitative estimate of drug-likeness (QED) is 0.0261. The summed E-state index contributed by atoms with van der Waals surface area (Å²) in [6.07, 6.45) is 84.1. The molecule has 0 radical (unpaired) electrons. The van der Waals surface area contributed by atoms with Gasteiger partial charge in [-0.2, -0.15) is 0 Å². The molecule has 0 fully saturated rings. The molecule has 456 valence electrons. The summed E-state index contributed by atoms with van der Waals surface area (Å²) in [6.45, 7) is 6.66. The van der Waals surface area contributed by atoms with E-state index in [-0.39, 0.29) is 31.1 Å². The van der Waals surface area contributed by atoms with Gasteiger partial charge >= 0.3 is 17.9 Å². The molecule has 0 spiro atoms. The van der Waals surface area contributed by atoms with Gasteiger partial charge in [0, 0.05) is 19.3 Å². The van der Waals surface area contributed by atoms with E-state index in [9.17, 15) is 14.4 Å². The molecule has 1 atom stereocenters. The minimum atomic E-state index is -0.776. The van der Waals surface area contributed by atoms with Crippen LogP contribution < -0.4 is 0 Å². The maximum absolute atomic E-state index is 12.9. The van der Waals surface area contributed by atoms with Crippen LogP contribution in [-0.2, 0) is 28.6 Å². The largest absolute Gasteiger partial charge is 0.462 e. The van der Waals surface area contributed by atoms with Crippen LogP contribution in [0.15, 0.2) is 48.6 Å². The van der Waals surface area contributed by atoms with Gasteiger partial charge in [-0.3, -0.25) is 14.4 Å². The van der Waals surface area contributed by atoms with Crippen LogP contribution in [0.4, 0.5) is 0 Å². The Hall–Kier alpha value is -2.63. The number of carbonyl (C=O) groups excluding carboxylic acids is 3. The average Bonchev–Trinajstić information content (AvgIpc) is 3.44. The Morgan fingerprint density at radius 1 is 0.256 bits per heavy atom. The summed E-state index contributed by atoms with van der Waals surface area (Å²) < 4.78 is 17.0. The molecule has 0 saturated heterocycles. The predicted octanol–water partition coefficient (Wildman–Crippen LogP) is 23.7. The lowest BCUT2D eigenvalue weighted by atomic mass is 10.0. The highest BCUT2D eigenvalue weighted by molar-refractivity contribution is 5.71. The van der Waals surface area contributed by atoms with Crippen molar-refractivity contribution < 1.29 is 28.6 Å². The Labute approximate surface area is 486 Å². The number of esters is 3. The molecule has 6 nitrogen and oxygen atoms in total. The van der Waals surface area contributed by atoms with Gasteiger partial charge in [0.25, 0.3) is 0 Å². The SMILES string of the molecule is CCCCC/C=C\C/C=C\CCCCCCCCCC(=O)OC(COC(=O)CCCCCCCCCCCCCCCCCC)COC(=O)CCCCCCCCCCCCCCCCC/C=C\C/C=C\CCCCCCC. The molecular formula is C72H132O6. The molecule has 0 amide bonds. The standard InChI is InChI=1S/C72H132O6/c1-4-7-10-13-16-19-22-25-28-31-32-33-34-35-36-37-38-39-40-42-44-47-50-53-56-59-62-65-71(74)77-68-69(67-76-70(73)64-61-58-55-52-49-46-43-30-27-24-21-18-15-12-9-6-3)78-72(75)66-63-60-57-54-51-48-45-41-29-26-23-20-17-14-11-8-5-2/h17,20,22,25-26,29,31-32,69H,4-16,18-19,21,23-24,27-28,30,33-68H2,1-3H3/b20-17-,25-22-,29-26-,32-31-. The van der Waals surface area contributed by atoms with Gasteiger partial charge in [-0.1, -0.05) is 320 Å². The second-order valence-corrected chi connectivity index (χ2v) is 23.4. The summed E-state index contributed by atoms with van der Waals surface area (Å²) >= 11 is 0. The Balaban J connectivity index is 4.26. The first kappa shape index (κ1) is 75.4. The van der Waals surface area contributed by atoms with E-state index in [1.165, 1.54) is 257 Å². The van der Waals surface area contributed by atoms with E-state index < -0.39 is 6.10 Å². The summed E-state index contributed by atoms with van der Waals surface area (Å²) in [5.41, 5.74) is 0. The highest BCUT2D eigenvalue weighted by atomic mass is 16.6. The Morgan fingerprint density at radius 2 is 0.462 bits per heavy atom. The molecule has 6 heteroatoms. The summed E-state index contributed by atoms with van der Waals surface area (Å²) in [5.74, 6) is -0.854. The maximum atomic E-state index is 12.9. The molecule has 0 aromatic heterocycles. The summed E-state index contributed by atoms with van der Waals surface area (Å²) in [7, 11) is 0. The van der Waals surface area contributed by atoms with Crippen LogP contribution in [0, 0.1) is 0 Å². The highest BCUT2D eigenvalue weighted by Gasteiger charge is 2.19. The number of unbranched alkanes of at least 4 members (excludes halogenated alkanes) is 45. The van der Waals surface area contributed by atoms with Gasteiger partial charge < -0.3 is 14.2 Å². The molecule has 0 aromatic rings. The third-order valence-corrected chi connectivity index (χ3v) is 15.6. The van der Waals surface area contributed by atoms with E-state index >= 15 is 0 Å². The molecule has 0 aromatic carbocycles. The predicted molar refractivity (Wildman–Crippen MR) is 339 cm³/mol. The molecule has 0 aliphatic rings. The smallest absolute Gasteiger partial charge is 0.306 e. The van der Waals surface area contributed by atoms with Crippen molar-refractivity contribution in [3.63, 3.8) is 0 Å². The lowest BCUT2D eigenvalue weighted by Gasteiger charge is -2.18. The Kier molecular flexibility index (Phi) is 64.6. The molecule has 0 saturated carbocycles. The van der Waals surface area contributed by atoms with E-state index in [2.05, 4.69) is 69.4 Å². The van der Waals surface area contributed by atoms with Crippen molar-refractivity contribution in [3.8, 4) is 0 Å². The van der Waals surface area contributed by atoms with Gasteiger partial charge in [-0.15, -0.1) is 0 Å². The van der Waals surface area contributed by atoms with E-state index in [0.29, 0.717) is 19.3 Å². The number of allylic oxidation sites excluding steroid dienone is 8. The molecular weight excluding hydrogens is 961 g/mol. The third-order valence-electron chi connectivity index (χ3n) is 15.6. The maximum Gasteiger partial charge on any atom is 0.306 e. The summed E-state index contributed by atoms with van der Waals surface area (Å²) in [4.78, 5) is 38.4. The third kappa shape index (κ3) is 64.2. The molecule has 0 aliphatic carbocycles. The monoisotopic (exact) mass is 1090 g/mol. The molecule has 0 heterocycles. The van der Waals surface area contributed by atoms with Crippen LogP contribution in [0.25, 0.3) is 0 Å². The van der Waals surface area contributed by atoms with Crippen molar-refractivity contribution in [1.29, 1.82) is 0 Å². The van der Waals surface area contributed by atoms with E-state index in [4.69, 9.17) is 14.2 Å². The van der Waals surface area contributed by atoms with Gasteiger partial charge in [0.2, 0.25) is 0 Å². The van der Waals surface area contributed by atoms with Crippen LogP contribution >= 0.6 is 0 Å². The zero-order chi connectivity index (χ0) is 56.4. The molecule has 0 rings (SSSR count). The minimum Gasteiger partial charge on any atom is -0.462 e. The molecule has 0 bridgehead atoms. The number of hydrogen-bond acceptors (Lipinski definition) is 6. The average molecular weight is 1090 g/mol. The molecule has 0 N–H and O–H groups in total. The second-order valence-electron chi connectivity index (χ2n) is 23.4. The number of hydrogen-bond donors (Lipinski definition) is 0. The number of ether oxygens (including phenoxy) is 3. The van der Waals surface area contributed by atoms with E-state index in [1.54, 1.807) is 0 Å². The van der Waals surface area contributed by atoms with Crippen molar-refractivity contribution in [2.45, 2.75) is 380 Å². The second kappa shape index (κ2) is 66.9. The van der Waals surface area contributed by atoms with Gasteiger partial charge in [-0.25, -0.2) is 0 Å². The molecule has 0 aliphatic heterocycles. The van der Waals surface area contributed by atoms with Gasteiger partial charge in [-0.05, 0) is 83.5 Å². The van der Waals surface area contributed by atoms with Crippen LogP contribution in [0.5, 0.6) is 0 Å². The van der Waals surface area contributed by atoms with Crippen molar-refractivity contribution in [2.24, 2.45) is 0 Å². The Morgan fingerprint density at radius 3 is 0.731 bits per heavy atom. The van der Waals surface area contributed by atoms with Gasteiger partial charge in [0.15, 0.2) is 6.10 Å². The first-order valence-corrected chi connectivity index (χ1v) is 34.6. The lowest BCUT2D eigenvalue weighted by Crippen LogP contribution is -2.30. The number of carbonyl (C=O) groups is 3. The van der Waals surface area contributed by atoms with Crippen molar-refractivity contribution in [3.05, 3.63) is 48.6 Å². The normalized spacial score (nSPS) is 12.3.